The van der Waals surface area contributed by atoms with Crippen LogP contribution in [0, 0.1) is 5.82 Å². The van der Waals surface area contributed by atoms with Crippen LogP contribution in [0.25, 0.3) is 0 Å². The Morgan fingerprint density at radius 1 is 1.33 bits per heavy atom. The lowest BCUT2D eigenvalue weighted by Crippen LogP contribution is -2.45. The molecule has 2 rings (SSSR count). The van der Waals surface area contributed by atoms with Crippen LogP contribution in [0.15, 0.2) is 18.5 Å². The molecule has 1 aromatic rings. The number of hydrogen-bond acceptors (Lipinski definition) is 2. The van der Waals surface area contributed by atoms with Crippen LogP contribution in [-0.2, 0) is 0 Å². The molecular formula is C15H23FN2. The SMILES string of the molecule is CC[C@H]1CC[C@H](c2cncc(F)c2)N1C(C)(C)C. The van der Waals surface area contributed by atoms with Crippen molar-refractivity contribution < 1.29 is 4.39 Å². The van der Waals surface area contributed by atoms with Crippen LogP contribution in [0.4, 0.5) is 4.39 Å². The van der Waals surface area contributed by atoms with E-state index in [1.54, 1.807) is 6.07 Å². The van der Waals surface area contributed by atoms with E-state index in [4.69, 9.17) is 0 Å². The van der Waals surface area contributed by atoms with Crippen LogP contribution < -0.4 is 0 Å². The molecule has 1 aliphatic heterocycles. The predicted molar refractivity (Wildman–Crippen MR) is 71.8 cm³/mol. The van der Waals surface area contributed by atoms with E-state index in [0.717, 1.165) is 18.4 Å². The van der Waals surface area contributed by atoms with Crippen LogP contribution in [0.2, 0.25) is 0 Å². The lowest BCUT2D eigenvalue weighted by atomic mass is 9.99. The Hall–Kier alpha value is -0.960. The average Bonchev–Trinajstić information content (AvgIpc) is 2.72. The molecular weight excluding hydrogens is 227 g/mol. The number of nitrogens with zero attached hydrogens (tertiary/aromatic N) is 2. The molecule has 100 valence electrons. The molecule has 0 spiro atoms. The Bertz CT molecular complexity index is 411. The number of halogens is 1. The van der Waals surface area contributed by atoms with Crippen molar-refractivity contribution in [2.24, 2.45) is 0 Å². The van der Waals surface area contributed by atoms with Gasteiger partial charge in [0, 0.05) is 23.8 Å². The van der Waals surface area contributed by atoms with E-state index < -0.39 is 0 Å². The Morgan fingerprint density at radius 3 is 2.61 bits per heavy atom. The molecule has 2 nitrogen and oxygen atoms in total. The average molecular weight is 250 g/mol. The molecule has 0 amide bonds. The third-order valence-corrected chi connectivity index (χ3v) is 3.86. The fourth-order valence-corrected chi connectivity index (χ4v) is 3.24. The second kappa shape index (κ2) is 4.96. The van der Waals surface area contributed by atoms with Gasteiger partial charge in [-0.2, -0.15) is 0 Å². The van der Waals surface area contributed by atoms with Gasteiger partial charge in [-0.3, -0.25) is 9.88 Å². The van der Waals surface area contributed by atoms with E-state index in [0.29, 0.717) is 12.1 Å². The summed E-state index contributed by atoms with van der Waals surface area (Å²) in [5.74, 6) is -0.235. The highest BCUT2D eigenvalue weighted by Gasteiger charge is 2.39. The predicted octanol–water partition coefficient (Wildman–Crippen LogP) is 3.93. The highest BCUT2D eigenvalue weighted by atomic mass is 19.1. The number of aromatic nitrogens is 1. The molecule has 3 heteroatoms. The second-order valence-electron chi connectivity index (χ2n) is 6.17. The van der Waals surface area contributed by atoms with Gasteiger partial charge in [-0.05, 0) is 51.7 Å². The van der Waals surface area contributed by atoms with Crippen molar-refractivity contribution in [2.75, 3.05) is 0 Å². The van der Waals surface area contributed by atoms with Gasteiger partial charge in [-0.15, -0.1) is 0 Å². The van der Waals surface area contributed by atoms with Gasteiger partial charge < -0.3 is 0 Å². The number of rotatable bonds is 2. The van der Waals surface area contributed by atoms with Gasteiger partial charge in [-0.25, -0.2) is 4.39 Å². The van der Waals surface area contributed by atoms with Crippen molar-refractivity contribution in [3.05, 3.63) is 29.8 Å². The third-order valence-electron chi connectivity index (χ3n) is 3.86. The monoisotopic (exact) mass is 250 g/mol. The van der Waals surface area contributed by atoms with Crippen LogP contribution in [0.3, 0.4) is 0 Å². The van der Waals surface area contributed by atoms with Crippen LogP contribution in [0.1, 0.15) is 58.6 Å². The summed E-state index contributed by atoms with van der Waals surface area (Å²) in [7, 11) is 0. The minimum Gasteiger partial charge on any atom is -0.288 e. The molecule has 1 aromatic heterocycles. The smallest absolute Gasteiger partial charge is 0.141 e. The van der Waals surface area contributed by atoms with Crippen LogP contribution in [0.5, 0.6) is 0 Å². The number of pyridine rings is 1. The second-order valence-corrected chi connectivity index (χ2v) is 6.17. The summed E-state index contributed by atoms with van der Waals surface area (Å²) in [6, 6.07) is 2.53. The van der Waals surface area contributed by atoms with Gasteiger partial charge in [0.1, 0.15) is 5.82 Å². The molecule has 1 saturated heterocycles. The quantitative estimate of drug-likeness (QED) is 0.790. The zero-order valence-corrected chi connectivity index (χ0v) is 11.8. The summed E-state index contributed by atoms with van der Waals surface area (Å²) in [6.07, 6.45) is 6.52. The van der Waals surface area contributed by atoms with Gasteiger partial charge in [-0.1, -0.05) is 6.92 Å². The first-order chi connectivity index (χ1) is 8.43. The van der Waals surface area contributed by atoms with Crippen molar-refractivity contribution in [2.45, 2.75) is 64.6 Å². The van der Waals surface area contributed by atoms with E-state index in [1.165, 1.54) is 12.6 Å². The molecule has 1 aliphatic rings. The van der Waals surface area contributed by atoms with E-state index >= 15 is 0 Å². The van der Waals surface area contributed by atoms with Gasteiger partial charge in [0.2, 0.25) is 0 Å². The Balaban J connectivity index is 2.32. The molecule has 1 fully saturated rings. The van der Waals surface area contributed by atoms with Crippen LogP contribution >= 0.6 is 0 Å². The lowest BCUT2D eigenvalue weighted by molar-refractivity contribution is 0.0734. The normalized spacial score (nSPS) is 25.6. The molecule has 18 heavy (non-hydrogen) atoms. The Kier molecular flexibility index (Phi) is 3.71. The third kappa shape index (κ3) is 2.56. The molecule has 0 aliphatic carbocycles. The van der Waals surface area contributed by atoms with Crippen molar-refractivity contribution in [3.8, 4) is 0 Å². The topological polar surface area (TPSA) is 16.1 Å². The molecule has 0 unspecified atom stereocenters. The molecule has 0 saturated carbocycles. The van der Waals surface area contributed by atoms with E-state index in [1.807, 2.05) is 6.20 Å². The van der Waals surface area contributed by atoms with Gasteiger partial charge >= 0.3 is 0 Å². The molecule has 0 N–H and O–H groups in total. The Labute approximate surface area is 109 Å². The summed E-state index contributed by atoms with van der Waals surface area (Å²) < 4.78 is 13.3. The van der Waals surface area contributed by atoms with Crippen molar-refractivity contribution >= 4 is 0 Å². The standard InChI is InChI=1S/C15H23FN2/c1-5-13-6-7-14(18(13)15(2,3)4)11-8-12(16)10-17-9-11/h8-10,13-14H,5-7H2,1-4H3/t13-,14+/m0/s1. The maximum Gasteiger partial charge on any atom is 0.141 e. The number of likely N-dealkylation sites (tertiary alicyclic amines) is 1. The number of hydrogen-bond donors (Lipinski definition) is 0. The largest absolute Gasteiger partial charge is 0.288 e. The van der Waals surface area contributed by atoms with Crippen molar-refractivity contribution in [1.82, 2.24) is 9.88 Å². The maximum absolute atomic E-state index is 13.3. The summed E-state index contributed by atoms with van der Waals surface area (Å²) in [4.78, 5) is 6.53. The highest BCUT2D eigenvalue weighted by Crippen LogP contribution is 2.41. The molecule has 0 aromatic carbocycles. The van der Waals surface area contributed by atoms with Gasteiger partial charge in [0.25, 0.3) is 0 Å². The first-order valence-electron chi connectivity index (χ1n) is 6.82. The maximum atomic E-state index is 13.3. The van der Waals surface area contributed by atoms with E-state index in [-0.39, 0.29) is 11.4 Å². The molecule has 2 heterocycles. The highest BCUT2D eigenvalue weighted by molar-refractivity contribution is 5.18. The van der Waals surface area contributed by atoms with Crippen molar-refractivity contribution in [1.29, 1.82) is 0 Å². The summed E-state index contributed by atoms with van der Waals surface area (Å²) in [5, 5.41) is 0. The molecule has 0 bridgehead atoms. The summed E-state index contributed by atoms with van der Waals surface area (Å²) >= 11 is 0. The summed E-state index contributed by atoms with van der Waals surface area (Å²) in [6.45, 7) is 8.94. The minimum atomic E-state index is -0.235. The molecule has 0 radical (unpaired) electrons. The lowest BCUT2D eigenvalue weighted by Gasteiger charge is -2.41. The van der Waals surface area contributed by atoms with Gasteiger partial charge in [0.15, 0.2) is 0 Å². The van der Waals surface area contributed by atoms with E-state index in [2.05, 4.69) is 37.6 Å². The Morgan fingerprint density at radius 2 is 2.06 bits per heavy atom. The first-order valence-corrected chi connectivity index (χ1v) is 6.82. The van der Waals surface area contributed by atoms with Crippen LogP contribution in [-0.4, -0.2) is 21.5 Å². The zero-order valence-electron chi connectivity index (χ0n) is 11.8. The van der Waals surface area contributed by atoms with E-state index in [9.17, 15) is 4.39 Å². The first kappa shape index (κ1) is 13.5. The van der Waals surface area contributed by atoms with Crippen molar-refractivity contribution in [3.63, 3.8) is 0 Å². The molecule has 2 atom stereocenters. The fraction of sp³-hybridized carbons (Fsp3) is 0.667. The summed E-state index contributed by atoms with van der Waals surface area (Å²) in [5.41, 5.74) is 1.12. The van der Waals surface area contributed by atoms with Gasteiger partial charge in [0.05, 0.1) is 6.20 Å². The minimum absolute atomic E-state index is 0.105. The fourth-order valence-electron chi connectivity index (χ4n) is 3.24. The zero-order chi connectivity index (χ0) is 13.3.